The van der Waals surface area contributed by atoms with Gasteiger partial charge >= 0.3 is 15.9 Å². The van der Waals surface area contributed by atoms with Gasteiger partial charge in [0.15, 0.2) is 5.82 Å². The number of benzene rings is 3. The third-order valence-corrected chi connectivity index (χ3v) is 10.5. The molecule has 48 heavy (non-hydrogen) atoms. The van der Waals surface area contributed by atoms with Crippen molar-refractivity contribution in [3.05, 3.63) is 64.3 Å². The highest BCUT2D eigenvalue weighted by molar-refractivity contribution is 7.92. The van der Waals surface area contributed by atoms with E-state index in [0.717, 1.165) is 12.0 Å². The lowest BCUT2D eigenvalue weighted by Gasteiger charge is -2.22. The van der Waals surface area contributed by atoms with Gasteiger partial charge in [-0.25, -0.2) is 18.2 Å². The van der Waals surface area contributed by atoms with Crippen LogP contribution < -0.4 is 25.4 Å². The first-order valence-corrected chi connectivity index (χ1v) is 16.6. The standard InChI is InChI=1S/C31H30FN7O8S/c1-36-23-11-16(2-5-21(23)39(31(36)45)22-6-7-25(41)34-30(22)44)17-8-9-37(13-17)14-26(42)33-19-3-4-20-18(10-19)12-24(40)29(28(20)32)38-15-27(43)35-48(38,46)47/h2-5,10-12,17,22,40H,6-9,13-15H2,1H3,(H,33,42)(H,35,43)(H,34,41,44)/t17-,22?/m1/s1. The van der Waals surface area contributed by atoms with Crippen molar-refractivity contribution in [2.24, 2.45) is 7.05 Å². The Morgan fingerprint density at radius 1 is 1.04 bits per heavy atom. The van der Waals surface area contributed by atoms with Gasteiger partial charge in [-0.2, -0.15) is 8.42 Å². The number of aryl methyl sites for hydroxylation is 1. The van der Waals surface area contributed by atoms with Crippen LogP contribution in [0.15, 0.2) is 47.3 Å². The van der Waals surface area contributed by atoms with Crippen LogP contribution in [-0.4, -0.2) is 77.4 Å². The number of carbonyl (C=O) groups excluding carboxylic acids is 4. The van der Waals surface area contributed by atoms with E-state index in [9.17, 15) is 37.5 Å². The number of aromatic hydroxyl groups is 1. The number of phenols is 1. The first-order chi connectivity index (χ1) is 22.8. The zero-order valence-electron chi connectivity index (χ0n) is 25.5. The van der Waals surface area contributed by atoms with Crippen LogP contribution in [0.5, 0.6) is 5.75 Å². The van der Waals surface area contributed by atoms with E-state index in [4.69, 9.17) is 0 Å². The van der Waals surface area contributed by atoms with E-state index in [1.807, 2.05) is 23.1 Å². The van der Waals surface area contributed by atoms with E-state index in [-0.39, 0.29) is 53.6 Å². The largest absolute Gasteiger partial charge is 0.506 e. The molecule has 0 spiro atoms. The van der Waals surface area contributed by atoms with Crippen LogP contribution in [0.2, 0.25) is 0 Å². The summed E-state index contributed by atoms with van der Waals surface area (Å²) in [5.41, 5.74) is 1.60. The minimum absolute atomic E-state index is 0.0142. The summed E-state index contributed by atoms with van der Waals surface area (Å²) in [7, 11) is -2.71. The van der Waals surface area contributed by atoms with Crippen molar-refractivity contribution in [1.82, 2.24) is 24.1 Å². The Hall–Kier alpha value is -5.29. The summed E-state index contributed by atoms with van der Waals surface area (Å²) in [5.74, 6) is -3.65. The van der Waals surface area contributed by atoms with Crippen LogP contribution in [0.3, 0.4) is 0 Å². The number of piperidine rings is 1. The number of amides is 4. The number of aromatic nitrogens is 2. The average Bonchev–Trinajstić information content (AvgIpc) is 3.66. The van der Waals surface area contributed by atoms with E-state index in [2.05, 4.69) is 10.6 Å². The highest BCUT2D eigenvalue weighted by Gasteiger charge is 2.38. The number of imide groups is 1. The first-order valence-electron chi connectivity index (χ1n) is 15.2. The highest BCUT2D eigenvalue weighted by Crippen LogP contribution is 2.39. The maximum absolute atomic E-state index is 15.4. The summed E-state index contributed by atoms with van der Waals surface area (Å²) >= 11 is 0. The molecule has 0 saturated carbocycles. The van der Waals surface area contributed by atoms with Gasteiger partial charge in [-0.1, -0.05) is 6.07 Å². The first kappa shape index (κ1) is 31.3. The molecule has 0 radical (unpaired) electrons. The van der Waals surface area contributed by atoms with Crippen molar-refractivity contribution in [2.45, 2.75) is 31.2 Å². The fourth-order valence-electron chi connectivity index (χ4n) is 6.81. The molecule has 4 aromatic rings. The summed E-state index contributed by atoms with van der Waals surface area (Å²) in [6.45, 7) is 0.628. The quantitative estimate of drug-likeness (QED) is 0.215. The predicted molar refractivity (Wildman–Crippen MR) is 171 cm³/mol. The lowest BCUT2D eigenvalue weighted by Crippen LogP contribution is -2.44. The number of likely N-dealkylation sites (tertiary alicyclic amines) is 1. The van der Waals surface area contributed by atoms with Gasteiger partial charge in [0, 0.05) is 31.1 Å². The SMILES string of the molecule is Cn1c(=O)n(C2CCC(=O)NC2=O)c2ccc([C@@H]3CCN(CC(=O)Nc4ccc5c(F)c(N6CC(=O)NS6(=O)=O)c(O)cc5c4)C3)cc21. The molecular weight excluding hydrogens is 649 g/mol. The zero-order valence-corrected chi connectivity index (χ0v) is 26.3. The zero-order chi connectivity index (χ0) is 34.1. The van der Waals surface area contributed by atoms with Crippen LogP contribution >= 0.6 is 0 Å². The van der Waals surface area contributed by atoms with Crippen LogP contribution in [0, 0.1) is 5.82 Å². The number of nitrogens with one attached hydrogen (secondary N) is 3. The molecule has 4 N–H and O–H groups in total. The molecular formula is C31H30FN7O8S. The molecule has 17 heteroatoms. The minimum atomic E-state index is -4.35. The third kappa shape index (κ3) is 5.33. The average molecular weight is 680 g/mol. The fraction of sp³-hybridized carbons (Fsp3) is 0.323. The number of anilines is 2. The number of imidazole rings is 1. The Labute approximate surface area is 272 Å². The summed E-state index contributed by atoms with van der Waals surface area (Å²) in [6, 6.07) is 10.3. The molecule has 0 aliphatic carbocycles. The molecule has 3 aliphatic rings. The predicted octanol–water partition coefficient (Wildman–Crippen LogP) is 0.925. The fourth-order valence-corrected chi connectivity index (χ4v) is 7.98. The van der Waals surface area contributed by atoms with Gasteiger partial charge in [0.25, 0.3) is 5.91 Å². The molecule has 3 fully saturated rings. The second-order valence-corrected chi connectivity index (χ2v) is 13.8. The van der Waals surface area contributed by atoms with Crippen molar-refractivity contribution in [3.8, 4) is 5.75 Å². The van der Waals surface area contributed by atoms with Gasteiger partial charge in [-0.15, -0.1) is 0 Å². The van der Waals surface area contributed by atoms with E-state index in [1.165, 1.54) is 33.4 Å². The van der Waals surface area contributed by atoms with Crippen LogP contribution in [0.1, 0.15) is 36.8 Å². The molecule has 4 heterocycles. The van der Waals surface area contributed by atoms with E-state index in [1.54, 1.807) is 11.8 Å². The Morgan fingerprint density at radius 2 is 1.83 bits per heavy atom. The van der Waals surface area contributed by atoms with Crippen molar-refractivity contribution in [2.75, 3.05) is 35.8 Å². The molecule has 3 aromatic carbocycles. The van der Waals surface area contributed by atoms with E-state index >= 15 is 4.39 Å². The Bertz CT molecular complexity index is 2250. The minimum Gasteiger partial charge on any atom is -0.506 e. The molecule has 250 valence electrons. The number of hydrogen-bond acceptors (Lipinski definition) is 9. The monoisotopic (exact) mass is 679 g/mol. The lowest BCUT2D eigenvalue weighted by atomic mass is 9.98. The number of hydrogen-bond donors (Lipinski definition) is 4. The molecule has 7 rings (SSSR count). The molecule has 2 atom stereocenters. The maximum Gasteiger partial charge on any atom is 0.329 e. The summed E-state index contributed by atoms with van der Waals surface area (Å²) in [5, 5.41) is 15.8. The highest BCUT2D eigenvalue weighted by atomic mass is 32.2. The summed E-state index contributed by atoms with van der Waals surface area (Å²) in [4.78, 5) is 63.8. The van der Waals surface area contributed by atoms with Gasteiger partial charge < -0.3 is 10.4 Å². The number of rotatable bonds is 6. The smallest absolute Gasteiger partial charge is 0.329 e. The molecule has 4 amide bonds. The van der Waals surface area contributed by atoms with Crippen molar-refractivity contribution < 1.29 is 37.1 Å². The molecule has 3 aliphatic heterocycles. The van der Waals surface area contributed by atoms with Crippen molar-refractivity contribution in [1.29, 1.82) is 0 Å². The molecule has 0 bridgehead atoms. The summed E-state index contributed by atoms with van der Waals surface area (Å²) in [6.07, 6.45) is 1.17. The second-order valence-electron chi connectivity index (χ2n) is 12.2. The normalized spacial score (nSPS) is 21.2. The van der Waals surface area contributed by atoms with Gasteiger partial charge in [0.1, 0.15) is 24.0 Å². The van der Waals surface area contributed by atoms with Gasteiger partial charge in [0.2, 0.25) is 17.7 Å². The number of carbonyl (C=O) groups is 4. The van der Waals surface area contributed by atoms with Crippen molar-refractivity contribution in [3.63, 3.8) is 0 Å². The molecule has 1 aromatic heterocycles. The van der Waals surface area contributed by atoms with Crippen molar-refractivity contribution >= 4 is 67.0 Å². The lowest BCUT2D eigenvalue weighted by molar-refractivity contribution is -0.135. The van der Waals surface area contributed by atoms with Gasteiger partial charge in [-0.3, -0.25) is 38.5 Å². The maximum atomic E-state index is 15.4. The topological polar surface area (TPSA) is 192 Å². The molecule has 3 saturated heterocycles. The molecule has 15 nitrogen and oxygen atoms in total. The number of fused-ring (bicyclic) bond motifs is 2. The van der Waals surface area contributed by atoms with E-state index in [0.29, 0.717) is 34.1 Å². The molecule has 1 unspecified atom stereocenters. The Kier molecular flexibility index (Phi) is 7.47. The number of halogens is 1. The van der Waals surface area contributed by atoms with Gasteiger partial charge in [0.05, 0.1) is 17.6 Å². The number of phenolic OH excluding ortho intramolecular Hbond substituents is 1. The van der Waals surface area contributed by atoms with Gasteiger partial charge in [-0.05, 0) is 72.7 Å². The van der Waals surface area contributed by atoms with Crippen LogP contribution in [0.4, 0.5) is 15.8 Å². The van der Waals surface area contributed by atoms with Crippen LogP contribution in [0.25, 0.3) is 21.8 Å². The van der Waals surface area contributed by atoms with Crippen LogP contribution in [-0.2, 0) is 36.4 Å². The Balaban J connectivity index is 1.03. The number of nitrogens with zero attached hydrogens (tertiary/aromatic N) is 4. The Morgan fingerprint density at radius 3 is 2.56 bits per heavy atom. The second kappa shape index (κ2) is 11.4. The third-order valence-electron chi connectivity index (χ3n) is 9.13. The van der Waals surface area contributed by atoms with E-state index < -0.39 is 51.9 Å². The summed E-state index contributed by atoms with van der Waals surface area (Å²) < 4.78 is 45.0.